The lowest BCUT2D eigenvalue weighted by Gasteiger charge is -2.22. The van der Waals surface area contributed by atoms with Gasteiger partial charge in [-0.15, -0.1) is 0 Å². The number of aryl methyl sites for hydroxylation is 1. The minimum Gasteiger partial charge on any atom is -0.495 e. The summed E-state index contributed by atoms with van der Waals surface area (Å²) in [6.07, 6.45) is 4.29. The van der Waals surface area contributed by atoms with Gasteiger partial charge in [0.15, 0.2) is 5.78 Å². The molecule has 0 heterocycles. The molecule has 2 rings (SSSR count). The molecule has 17 heavy (non-hydrogen) atoms. The van der Waals surface area contributed by atoms with Crippen LogP contribution in [0.2, 0.25) is 0 Å². The maximum absolute atomic E-state index is 12.0. The van der Waals surface area contributed by atoms with E-state index in [2.05, 4.69) is 22.0 Å². The maximum atomic E-state index is 12.0. The molecule has 2 N–H and O–H groups in total. The number of halogens is 1. The summed E-state index contributed by atoms with van der Waals surface area (Å²) in [5.41, 5.74) is 8.55. The monoisotopic (exact) mass is 297 g/mol. The van der Waals surface area contributed by atoms with Crippen molar-refractivity contribution in [3.8, 4) is 5.75 Å². The lowest BCUT2D eigenvalue weighted by Crippen LogP contribution is -2.19. The van der Waals surface area contributed by atoms with E-state index in [4.69, 9.17) is 10.5 Å². The predicted molar refractivity (Wildman–Crippen MR) is 70.7 cm³/mol. The number of rotatable bonds is 3. The number of carbonyl (C=O) groups is 1. The number of carbonyl (C=O) groups excluding carboxylic acids is 1. The highest BCUT2D eigenvalue weighted by Crippen LogP contribution is 2.37. The van der Waals surface area contributed by atoms with Crippen molar-refractivity contribution in [2.45, 2.75) is 25.7 Å². The van der Waals surface area contributed by atoms with E-state index in [1.165, 1.54) is 12.0 Å². The molecule has 92 valence electrons. The molecule has 1 aromatic rings. The minimum atomic E-state index is -0.0405. The van der Waals surface area contributed by atoms with Crippen LogP contribution in [0, 0.1) is 0 Å². The Hall–Kier alpha value is -0.870. The zero-order chi connectivity index (χ0) is 12.4. The third-order valence-corrected chi connectivity index (χ3v) is 3.81. The molecule has 0 aliphatic heterocycles. The first-order valence-corrected chi connectivity index (χ1v) is 6.59. The Morgan fingerprint density at radius 1 is 1.47 bits per heavy atom. The van der Waals surface area contributed by atoms with Gasteiger partial charge in [0.25, 0.3) is 0 Å². The van der Waals surface area contributed by atoms with Crippen LogP contribution in [0.1, 0.15) is 34.3 Å². The number of Topliss-reactive ketones (excluding diaryl/α,β-unsaturated/α-hetero) is 1. The summed E-state index contributed by atoms with van der Waals surface area (Å²) in [6.45, 7) is 0.0270. The molecule has 0 atom stereocenters. The Labute approximate surface area is 109 Å². The summed E-state index contributed by atoms with van der Waals surface area (Å²) in [5, 5.41) is 0. The fraction of sp³-hybridized carbons (Fsp3) is 0.462. The Morgan fingerprint density at radius 2 is 2.18 bits per heavy atom. The number of ketones is 1. The lowest BCUT2D eigenvalue weighted by atomic mass is 9.86. The van der Waals surface area contributed by atoms with Crippen molar-refractivity contribution in [2.75, 3.05) is 13.7 Å². The van der Waals surface area contributed by atoms with Crippen LogP contribution in [0.3, 0.4) is 0 Å². The van der Waals surface area contributed by atoms with Crippen LogP contribution in [0.4, 0.5) is 0 Å². The standard InChI is InChI=1S/C13H16BrNO2/c1-17-13-10(14)6-8-4-2-3-5-9(8)12(13)11(16)7-15/h6H,2-5,7,15H2,1H3. The number of methoxy groups -OCH3 is 1. The highest BCUT2D eigenvalue weighted by molar-refractivity contribution is 9.10. The quantitative estimate of drug-likeness (QED) is 0.872. The highest BCUT2D eigenvalue weighted by atomic mass is 79.9. The Balaban J connectivity index is 2.65. The molecule has 0 spiro atoms. The molecule has 4 heteroatoms. The molecular weight excluding hydrogens is 282 g/mol. The average Bonchev–Trinajstić information content (AvgIpc) is 2.36. The van der Waals surface area contributed by atoms with Gasteiger partial charge in [-0.3, -0.25) is 4.79 Å². The summed E-state index contributed by atoms with van der Waals surface area (Å²) in [6, 6.07) is 2.07. The normalized spacial score (nSPS) is 14.3. The first-order chi connectivity index (χ1) is 8.19. The van der Waals surface area contributed by atoms with Crippen LogP contribution < -0.4 is 10.5 Å². The number of ether oxygens (including phenoxy) is 1. The molecule has 1 aromatic carbocycles. The van der Waals surface area contributed by atoms with E-state index in [0.29, 0.717) is 11.3 Å². The Bertz CT molecular complexity index is 457. The SMILES string of the molecule is COc1c(Br)cc2c(c1C(=O)CN)CCCC2. The highest BCUT2D eigenvalue weighted by Gasteiger charge is 2.23. The van der Waals surface area contributed by atoms with Gasteiger partial charge >= 0.3 is 0 Å². The van der Waals surface area contributed by atoms with Crippen LogP contribution in [0.5, 0.6) is 5.75 Å². The number of hydrogen-bond acceptors (Lipinski definition) is 3. The molecule has 0 amide bonds. The van der Waals surface area contributed by atoms with Crippen LogP contribution in [-0.2, 0) is 12.8 Å². The summed E-state index contributed by atoms with van der Waals surface area (Å²) >= 11 is 3.47. The first-order valence-electron chi connectivity index (χ1n) is 5.80. The first kappa shape index (κ1) is 12.6. The van der Waals surface area contributed by atoms with Gasteiger partial charge in [-0.05, 0) is 58.8 Å². The van der Waals surface area contributed by atoms with Crippen molar-refractivity contribution in [2.24, 2.45) is 5.73 Å². The van der Waals surface area contributed by atoms with Gasteiger partial charge in [0.05, 0.1) is 23.7 Å². The van der Waals surface area contributed by atoms with Gasteiger partial charge in [0.1, 0.15) is 5.75 Å². The molecule has 0 unspecified atom stereocenters. The molecule has 0 saturated heterocycles. The smallest absolute Gasteiger partial charge is 0.180 e. The van der Waals surface area contributed by atoms with E-state index in [0.717, 1.165) is 29.3 Å². The van der Waals surface area contributed by atoms with Crippen molar-refractivity contribution in [1.82, 2.24) is 0 Å². The summed E-state index contributed by atoms with van der Waals surface area (Å²) in [7, 11) is 1.59. The minimum absolute atomic E-state index is 0.0270. The third kappa shape index (κ3) is 2.24. The van der Waals surface area contributed by atoms with Crippen LogP contribution in [-0.4, -0.2) is 19.4 Å². The fourth-order valence-electron chi connectivity index (χ4n) is 2.45. The second kappa shape index (κ2) is 5.19. The van der Waals surface area contributed by atoms with E-state index >= 15 is 0 Å². The van der Waals surface area contributed by atoms with E-state index in [9.17, 15) is 4.79 Å². The zero-order valence-electron chi connectivity index (χ0n) is 9.88. The molecule has 3 nitrogen and oxygen atoms in total. The van der Waals surface area contributed by atoms with Gasteiger partial charge < -0.3 is 10.5 Å². The van der Waals surface area contributed by atoms with E-state index in [1.807, 2.05) is 0 Å². The van der Waals surface area contributed by atoms with Gasteiger partial charge in [-0.1, -0.05) is 0 Å². The number of benzene rings is 1. The van der Waals surface area contributed by atoms with Gasteiger partial charge in [-0.25, -0.2) is 0 Å². The second-order valence-corrected chi connectivity index (χ2v) is 5.09. The van der Waals surface area contributed by atoms with Gasteiger partial charge in [0.2, 0.25) is 0 Å². The number of nitrogens with two attached hydrogens (primary N) is 1. The summed E-state index contributed by atoms with van der Waals surface area (Å²) in [5.74, 6) is 0.586. The largest absolute Gasteiger partial charge is 0.495 e. The van der Waals surface area contributed by atoms with Gasteiger partial charge in [-0.2, -0.15) is 0 Å². The summed E-state index contributed by atoms with van der Waals surface area (Å²) < 4.78 is 6.19. The van der Waals surface area contributed by atoms with Crippen molar-refractivity contribution >= 4 is 21.7 Å². The molecule has 0 saturated carbocycles. The van der Waals surface area contributed by atoms with Crippen molar-refractivity contribution < 1.29 is 9.53 Å². The van der Waals surface area contributed by atoms with Crippen molar-refractivity contribution in [3.05, 3.63) is 27.2 Å². The van der Waals surface area contributed by atoms with Gasteiger partial charge in [0, 0.05) is 0 Å². The molecule has 1 aliphatic rings. The fourth-order valence-corrected chi connectivity index (χ4v) is 3.08. The average molecular weight is 298 g/mol. The number of fused-ring (bicyclic) bond motifs is 1. The lowest BCUT2D eigenvalue weighted by molar-refractivity contribution is 0.0997. The van der Waals surface area contributed by atoms with E-state index < -0.39 is 0 Å². The van der Waals surface area contributed by atoms with Crippen LogP contribution >= 0.6 is 15.9 Å². The Morgan fingerprint density at radius 3 is 2.82 bits per heavy atom. The van der Waals surface area contributed by atoms with Crippen LogP contribution in [0.25, 0.3) is 0 Å². The van der Waals surface area contributed by atoms with E-state index in [-0.39, 0.29) is 12.3 Å². The molecule has 0 aromatic heterocycles. The molecule has 0 fully saturated rings. The topological polar surface area (TPSA) is 52.3 Å². The maximum Gasteiger partial charge on any atom is 0.180 e. The molecular formula is C13H16BrNO2. The molecule has 0 radical (unpaired) electrons. The predicted octanol–water partition coefficient (Wildman–Crippen LogP) is 2.48. The number of hydrogen-bond donors (Lipinski definition) is 1. The molecule has 1 aliphatic carbocycles. The van der Waals surface area contributed by atoms with Crippen molar-refractivity contribution in [3.63, 3.8) is 0 Å². The third-order valence-electron chi connectivity index (χ3n) is 3.23. The second-order valence-electron chi connectivity index (χ2n) is 4.24. The van der Waals surface area contributed by atoms with Crippen molar-refractivity contribution in [1.29, 1.82) is 0 Å². The van der Waals surface area contributed by atoms with E-state index in [1.54, 1.807) is 7.11 Å². The zero-order valence-corrected chi connectivity index (χ0v) is 11.5. The molecule has 0 bridgehead atoms. The Kier molecular flexibility index (Phi) is 3.84. The summed E-state index contributed by atoms with van der Waals surface area (Å²) in [4.78, 5) is 12.0. The van der Waals surface area contributed by atoms with Crippen LogP contribution in [0.15, 0.2) is 10.5 Å².